The first-order valence-corrected chi connectivity index (χ1v) is 9.54. The Hall–Kier alpha value is -2.70. The Morgan fingerprint density at radius 3 is 2.50 bits per heavy atom. The van der Waals surface area contributed by atoms with Gasteiger partial charge in [0, 0.05) is 34.7 Å². The van der Waals surface area contributed by atoms with Gasteiger partial charge in [-0.1, -0.05) is 31.5 Å². The van der Waals surface area contributed by atoms with E-state index in [0.29, 0.717) is 16.8 Å². The summed E-state index contributed by atoms with van der Waals surface area (Å²) >= 11 is 6.14. The minimum absolute atomic E-state index is 0.00330. The molecule has 6 nitrogen and oxygen atoms in total. The van der Waals surface area contributed by atoms with E-state index in [1.54, 1.807) is 12.4 Å². The van der Waals surface area contributed by atoms with Gasteiger partial charge in [-0.3, -0.25) is 4.98 Å². The lowest BCUT2D eigenvalue weighted by molar-refractivity contribution is 0.248. The largest absolute Gasteiger partial charge is 0.394 e. The molecule has 3 rings (SSSR count). The highest BCUT2D eigenvalue weighted by Crippen LogP contribution is 2.27. The van der Waals surface area contributed by atoms with Gasteiger partial charge in [-0.2, -0.15) is 4.98 Å². The van der Waals surface area contributed by atoms with Crippen molar-refractivity contribution in [3.05, 3.63) is 59.4 Å². The van der Waals surface area contributed by atoms with Gasteiger partial charge in [0.05, 0.1) is 18.3 Å². The van der Waals surface area contributed by atoms with Crippen molar-refractivity contribution in [2.45, 2.75) is 26.8 Å². The van der Waals surface area contributed by atoms with Crippen LogP contribution in [0.4, 0.5) is 17.5 Å². The number of hydrogen-bond donors (Lipinski definition) is 3. The smallest absolute Gasteiger partial charge is 0.225 e. The first kappa shape index (κ1) is 20.0. The van der Waals surface area contributed by atoms with Crippen molar-refractivity contribution in [1.82, 2.24) is 15.0 Å². The predicted octanol–water partition coefficient (Wildman–Crippen LogP) is 4.67. The zero-order valence-electron chi connectivity index (χ0n) is 16.1. The molecule has 3 N–H and O–H groups in total. The first-order valence-electron chi connectivity index (χ1n) is 9.16. The van der Waals surface area contributed by atoms with Gasteiger partial charge in [0.25, 0.3) is 0 Å². The SMILES string of the molecule is Cc1ccc(Cl)cc1Nc1cc(-c2ccncc2)nc(N[C@@H](CO)C(C)C)n1. The maximum absolute atomic E-state index is 9.66. The zero-order chi connectivity index (χ0) is 20.1. The molecule has 28 heavy (non-hydrogen) atoms. The van der Waals surface area contributed by atoms with E-state index >= 15 is 0 Å². The van der Waals surface area contributed by atoms with Crippen molar-refractivity contribution in [3.63, 3.8) is 0 Å². The minimum Gasteiger partial charge on any atom is -0.394 e. The molecule has 0 bridgehead atoms. The quantitative estimate of drug-likeness (QED) is 0.537. The first-order chi connectivity index (χ1) is 13.5. The highest BCUT2D eigenvalue weighted by Gasteiger charge is 2.15. The Morgan fingerprint density at radius 1 is 1.07 bits per heavy atom. The molecule has 3 aromatic rings. The summed E-state index contributed by atoms with van der Waals surface area (Å²) in [5.41, 5.74) is 3.61. The van der Waals surface area contributed by atoms with E-state index in [9.17, 15) is 5.11 Å². The van der Waals surface area contributed by atoms with E-state index in [0.717, 1.165) is 22.5 Å². The van der Waals surface area contributed by atoms with Crippen molar-refractivity contribution >= 4 is 29.1 Å². The Labute approximate surface area is 170 Å². The Bertz CT molecular complexity index is 933. The monoisotopic (exact) mass is 397 g/mol. The van der Waals surface area contributed by atoms with Crippen LogP contribution in [0.3, 0.4) is 0 Å². The molecular formula is C21H24ClN5O. The number of aryl methyl sites for hydroxylation is 1. The van der Waals surface area contributed by atoms with Crippen LogP contribution in [0.25, 0.3) is 11.3 Å². The molecule has 0 aliphatic rings. The summed E-state index contributed by atoms with van der Waals surface area (Å²) in [5, 5.41) is 16.9. The van der Waals surface area contributed by atoms with Gasteiger partial charge in [0.1, 0.15) is 5.82 Å². The zero-order valence-corrected chi connectivity index (χ0v) is 16.9. The third kappa shape index (κ3) is 4.97. The van der Waals surface area contributed by atoms with E-state index in [2.05, 4.69) is 25.6 Å². The molecule has 146 valence electrons. The number of aliphatic hydroxyl groups excluding tert-OH is 1. The maximum Gasteiger partial charge on any atom is 0.225 e. The van der Waals surface area contributed by atoms with Gasteiger partial charge >= 0.3 is 0 Å². The Balaban J connectivity index is 2.00. The predicted molar refractivity (Wildman–Crippen MR) is 114 cm³/mol. The van der Waals surface area contributed by atoms with Crippen LogP contribution in [0.5, 0.6) is 0 Å². The van der Waals surface area contributed by atoms with Gasteiger partial charge in [0.15, 0.2) is 0 Å². The molecule has 0 saturated carbocycles. The summed E-state index contributed by atoms with van der Waals surface area (Å²) in [6.07, 6.45) is 3.45. The molecule has 2 aromatic heterocycles. The normalized spacial score (nSPS) is 12.1. The number of hydrogen-bond acceptors (Lipinski definition) is 6. The fraction of sp³-hybridized carbons (Fsp3) is 0.286. The second-order valence-corrected chi connectivity index (χ2v) is 7.40. The molecule has 1 atom stereocenters. The van der Waals surface area contributed by atoms with Crippen molar-refractivity contribution in [2.24, 2.45) is 5.92 Å². The van der Waals surface area contributed by atoms with Crippen molar-refractivity contribution in [2.75, 3.05) is 17.2 Å². The van der Waals surface area contributed by atoms with E-state index < -0.39 is 0 Å². The fourth-order valence-electron chi connectivity index (χ4n) is 2.70. The number of benzene rings is 1. The lowest BCUT2D eigenvalue weighted by Crippen LogP contribution is -2.30. The molecule has 0 amide bonds. The minimum atomic E-state index is -0.145. The number of anilines is 3. The number of aliphatic hydroxyl groups is 1. The highest BCUT2D eigenvalue weighted by molar-refractivity contribution is 6.30. The summed E-state index contributed by atoms with van der Waals surface area (Å²) in [6, 6.07) is 11.2. The third-order valence-corrected chi connectivity index (χ3v) is 4.72. The van der Waals surface area contributed by atoms with Crippen LogP contribution in [-0.2, 0) is 0 Å². The molecule has 2 heterocycles. The fourth-order valence-corrected chi connectivity index (χ4v) is 2.87. The standard InChI is InChI=1S/C21H24ClN5O/c1-13(2)19(12-28)26-21-25-18(15-6-8-23-9-7-15)11-20(27-21)24-17-10-16(22)5-4-14(17)3/h4-11,13,19,28H,12H2,1-3H3,(H2,24,25,26,27)/t19-/m0/s1. The van der Waals surface area contributed by atoms with Gasteiger partial charge < -0.3 is 15.7 Å². The second kappa shape index (κ2) is 8.99. The third-order valence-electron chi connectivity index (χ3n) is 4.48. The molecule has 0 aliphatic carbocycles. The number of rotatable bonds is 7. The summed E-state index contributed by atoms with van der Waals surface area (Å²) in [6.45, 7) is 6.07. The molecule has 0 fully saturated rings. The van der Waals surface area contributed by atoms with Crippen molar-refractivity contribution in [1.29, 1.82) is 0 Å². The molecule has 0 unspecified atom stereocenters. The summed E-state index contributed by atoms with van der Waals surface area (Å²) in [7, 11) is 0. The molecule has 0 spiro atoms. The van der Waals surface area contributed by atoms with Crippen LogP contribution in [0.2, 0.25) is 5.02 Å². The van der Waals surface area contributed by atoms with E-state index in [1.807, 2.05) is 57.2 Å². The molecule has 0 aliphatic heterocycles. The van der Waals surface area contributed by atoms with Gasteiger partial charge in [0.2, 0.25) is 5.95 Å². The van der Waals surface area contributed by atoms with E-state index in [4.69, 9.17) is 11.6 Å². The molecular weight excluding hydrogens is 374 g/mol. The van der Waals surface area contributed by atoms with Gasteiger partial charge in [-0.05, 0) is 42.7 Å². The summed E-state index contributed by atoms with van der Waals surface area (Å²) in [5.74, 6) is 1.31. The second-order valence-electron chi connectivity index (χ2n) is 6.96. The van der Waals surface area contributed by atoms with E-state index in [-0.39, 0.29) is 18.6 Å². The van der Waals surface area contributed by atoms with Crippen LogP contribution in [-0.4, -0.2) is 32.7 Å². The summed E-state index contributed by atoms with van der Waals surface area (Å²) in [4.78, 5) is 13.3. The van der Waals surface area contributed by atoms with Crippen molar-refractivity contribution < 1.29 is 5.11 Å². The average molecular weight is 398 g/mol. The van der Waals surface area contributed by atoms with Crippen LogP contribution in [0.1, 0.15) is 19.4 Å². The Morgan fingerprint density at radius 2 is 1.82 bits per heavy atom. The van der Waals surface area contributed by atoms with Crippen LogP contribution < -0.4 is 10.6 Å². The van der Waals surface area contributed by atoms with Crippen molar-refractivity contribution in [3.8, 4) is 11.3 Å². The number of nitrogens with zero attached hydrogens (tertiary/aromatic N) is 3. The maximum atomic E-state index is 9.66. The van der Waals surface area contributed by atoms with E-state index in [1.165, 1.54) is 0 Å². The topological polar surface area (TPSA) is 83.0 Å². The number of halogens is 1. The lowest BCUT2D eigenvalue weighted by atomic mass is 10.1. The molecule has 0 saturated heterocycles. The number of nitrogens with one attached hydrogen (secondary N) is 2. The lowest BCUT2D eigenvalue weighted by Gasteiger charge is -2.21. The summed E-state index contributed by atoms with van der Waals surface area (Å²) < 4.78 is 0. The van der Waals surface area contributed by atoms with Crippen LogP contribution in [0, 0.1) is 12.8 Å². The molecule has 7 heteroatoms. The van der Waals surface area contributed by atoms with Gasteiger partial charge in [-0.15, -0.1) is 0 Å². The average Bonchev–Trinajstić information content (AvgIpc) is 2.69. The molecule has 1 aromatic carbocycles. The van der Waals surface area contributed by atoms with Crippen LogP contribution in [0.15, 0.2) is 48.8 Å². The van der Waals surface area contributed by atoms with Gasteiger partial charge in [-0.25, -0.2) is 4.98 Å². The number of pyridine rings is 1. The number of aromatic nitrogens is 3. The van der Waals surface area contributed by atoms with Crippen LogP contribution >= 0.6 is 11.6 Å². The Kier molecular flexibility index (Phi) is 6.44. The molecule has 0 radical (unpaired) electrons. The highest BCUT2D eigenvalue weighted by atomic mass is 35.5.